The Morgan fingerprint density at radius 1 is 1.28 bits per heavy atom. The Morgan fingerprint density at radius 3 is 2.68 bits per heavy atom. The minimum atomic E-state index is -4.66. The van der Waals surface area contributed by atoms with E-state index in [1.165, 1.54) is 0 Å². The van der Waals surface area contributed by atoms with E-state index in [-0.39, 0.29) is 5.82 Å². The number of rotatable bonds is 3. The third-order valence-electron chi connectivity index (χ3n) is 4.13. The van der Waals surface area contributed by atoms with E-state index < -0.39 is 23.0 Å². The molecule has 3 rings (SSSR count). The molecular weight excluding hydrogens is 351 g/mol. The highest BCUT2D eigenvalue weighted by Gasteiger charge is 2.36. The molecule has 0 unspecified atom stereocenters. The van der Waals surface area contributed by atoms with Crippen LogP contribution in [-0.2, 0) is 12.7 Å². The van der Waals surface area contributed by atoms with Crippen molar-refractivity contribution >= 4 is 11.8 Å². The van der Waals surface area contributed by atoms with Crippen LogP contribution in [-0.4, -0.2) is 39.5 Å². The van der Waals surface area contributed by atoms with Gasteiger partial charge >= 0.3 is 6.18 Å². The van der Waals surface area contributed by atoms with Gasteiger partial charge in [0, 0.05) is 42.3 Å². The second-order valence-electron chi connectivity index (χ2n) is 5.97. The fourth-order valence-electron chi connectivity index (χ4n) is 2.78. The van der Waals surface area contributed by atoms with Gasteiger partial charge in [-0.25, -0.2) is 4.98 Å². The molecule has 0 amide bonds. The van der Waals surface area contributed by atoms with Crippen molar-refractivity contribution in [1.29, 1.82) is 0 Å². The number of nitrogens with zero attached hydrogens (tertiary/aromatic N) is 2. The number of halogens is 3. The van der Waals surface area contributed by atoms with E-state index >= 15 is 0 Å². The molecule has 4 nitrogen and oxygen atoms in total. The number of aromatic nitrogens is 2. The summed E-state index contributed by atoms with van der Waals surface area (Å²) in [7, 11) is 0. The lowest BCUT2D eigenvalue weighted by Crippen LogP contribution is -2.31. The maximum Gasteiger partial charge on any atom is 0.433 e. The van der Waals surface area contributed by atoms with Crippen molar-refractivity contribution in [2.75, 3.05) is 24.6 Å². The Balaban J connectivity index is 1.93. The molecule has 0 spiro atoms. The van der Waals surface area contributed by atoms with Gasteiger partial charge in [-0.2, -0.15) is 24.9 Å². The van der Waals surface area contributed by atoms with Crippen molar-refractivity contribution < 1.29 is 13.2 Å². The van der Waals surface area contributed by atoms with Crippen LogP contribution in [0.2, 0.25) is 0 Å². The largest absolute Gasteiger partial charge is 0.433 e. The molecule has 0 atom stereocenters. The number of hydrogen-bond acceptors (Lipinski definition) is 4. The number of thioether (sulfide) groups is 1. The summed E-state index contributed by atoms with van der Waals surface area (Å²) >= 11 is 1.92. The standard InChI is InChI=1S/C17H18F3N3OS/c1-11-14(17(18,19)20)21-15(22-16(11)24)13-4-2-3-12(9-13)10-23-5-7-25-8-6-23/h2-4,9H,5-8,10H2,1H3,(H,21,22,24). The summed E-state index contributed by atoms with van der Waals surface area (Å²) in [6.07, 6.45) is -4.66. The van der Waals surface area contributed by atoms with E-state index in [1.54, 1.807) is 18.2 Å². The van der Waals surface area contributed by atoms with Crippen LogP contribution in [0.4, 0.5) is 13.2 Å². The Labute approximate surface area is 147 Å². The summed E-state index contributed by atoms with van der Waals surface area (Å²) in [5, 5.41) is 0. The first-order valence-electron chi connectivity index (χ1n) is 7.92. The molecule has 2 heterocycles. The zero-order chi connectivity index (χ0) is 18.0. The number of hydrogen-bond donors (Lipinski definition) is 1. The highest BCUT2D eigenvalue weighted by Crippen LogP contribution is 2.30. The lowest BCUT2D eigenvalue weighted by atomic mass is 10.1. The van der Waals surface area contributed by atoms with E-state index in [0.717, 1.165) is 43.6 Å². The van der Waals surface area contributed by atoms with Crippen molar-refractivity contribution in [3.05, 3.63) is 51.4 Å². The molecule has 1 fully saturated rings. The molecule has 1 aromatic heterocycles. The topological polar surface area (TPSA) is 49.0 Å². The Morgan fingerprint density at radius 2 is 2.00 bits per heavy atom. The molecule has 134 valence electrons. The smallest absolute Gasteiger partial charge is 0.306 e. The molecule has 1 saturated heterocycles. The van der Waals surface area contributed by atoms with Gasteiger partial charge in [-0.15, -0.1) is 0 Å². The molecule has 1 aliphatic heterocycles. The Kier molecular flexibility index (Phi) is 5.19. The van der Waals surface area contributed by atoms with Gasteiger partial charge in [0.2, 0.25) is 0 Å². The SMILES string of the molecule is Cc1c(C(F)(F)F)nc(-c2cccc(CN3CCSCC3)c2)[nH]c1=O. The third kappa shape index (κ3) is 4.24. The van der Waals surface area contributed by atoms with E-state index in [2.05, 4.69) is 14.9 Å². The average Bonchev–Trinajstić information content (AvgIpc) is 2.57. The van der Waals surface area contributed by atoms with Gasteiger partial charge in [-0.1, -0.05) is 18.2 Å². The lowest BCUT2D eigenvalue weighted by Gasteiger charge is -2.26. The second kappa shape index (κ2) is 7.21. The van der Waals surface area contributed by atoms with Gasteiger partial charge in [0.1, 0.15) is 5.82 Å². The summed E-state index contributed by atoms with van der Waals surface area (Å²) in [6, 6.07) is 7.15. The van der Waals surface area contributed by atoms with Crippen molar-refractivity contribution in [3.8, 4) is 11.4 Å². The maximum absolute atomic E-state index is 13.1. The van der Waals surface area contributed by atoms with Crippen molar-refractivity contribution in [3.63, 3.8) is 0 Å². The van der Waals surface area contributed by atoms with Gasteiger partial charge in [0.05, 0.1) is 0 Å². The molecule has 8 heteroatoms. The van der Waals surface area contributed by atoms with E-state index in [4.69, 9.17) is 0 Å². The monoisotopic (exact) mass is 369 g/mol. The van der Waals surface area contributed by atoms with Crippen molar-refractivity contribution in [1.82, 2.24) is 14.9 Å². The van der Waals surface area contributed by atoms with Crippen LogP contribution in [0.15, 0.2) is 29.1 Å². The van der Waals surface area contributed by atoms with Crippen LogP contribution in [0.25, 0.3) is 11.4 Å². The summed E-state index contributed by atoms with van der Waals surface area (Å²) in [5.41, 5.74) is -0.855. The van der Waals surface area contributed by atoms with Crippen LogP contribution in [0.3, 0.4) is 0 Å². The Hall–Kier alpha value is -1.80. The molecule has 1 N–H and O–H groups in total. The molecule has 1 aliphatic rings. The first-order chi connectivity index (χ1) is 11.8. The predicted molar refractivity (Wildman–Crippen MR) is 92.6 cm³/mol. The van der Waals surface area contributed by atoms with Crippen molar-refractivity contribution in [2.45, 2.75) is 19.6 Å². The molecule has 2 aromatic rings. The predicted octanol–water partition coefficient (Wildman–Crippen LogP) is 3.31. The van der Waals surface area contributed by atoms with Crippen LogP contribution in [0.5, 0.6) is 0 Å². The van der Waals surface area contributed by atoms with Gasteiger partial charge in [0.15, 0.2) is 5.69 Å². The van der Waals surface area contributed by atoms with Gasteiger partial charge < -0.3 is 4.98 Å². The quantitative estimate of drug-likeness (QED) is 0.902. The zero-order valence-corrected chi connectivity index (χ0v) is 14.5. The number of aromatic amines is 1. The average molecular weight is 369 g/mol. The third-order valence-corrected chi connectivity index (χ3v) is 5.07. The molecular formula is C17H18F3N3OS. The summed E-state index contributed by atoms with van der Waals surface area (Å²) < 4.78 is 39.3. The second-order valence-corrected chi connectivity index (χ2v) is 7.20. The van der Waals surface area contributed by atoms with Crippen LogP contribution in [0, 0.1) is 6.92 Å². The minimum absolute atomic E-state index is 0.0565. The normalized spacial score (nSPS) is 16.2. The first kappa shape index (κ1) is 18.0. The first-order valence-corrected chi connectivity index (χ1v) is 9.07. The lowest BCUT2D eigenvalue weighted by molar-refractivity contribution is -0.141. The summed E-state index contributed by atoms with van der Waals surface area (Å²) in [5.74, 6) is 2.11. The van der Waals surface area contributed by atoms with Crippen LogP contribution >= 0.6 is 11.8 Å². The highest BCUT2D eigenvalue weighted by atomic mass is 32.2. The molecule has 1 aromatic carbocycles. The Bertz CT molecular complexity index is 814. The number of benzene rings is 1. The molecule has 0 saturated carbocycles. The molecule has 25 heavy (non-hydrogen) atoms. The summed E-state index contributed by atoms with van der Waals surface area (Å²) in [6.45, 7) is 3.85. The van der Waals surface area contributed by atoms with Gasteiger partial charge in [0.25, 0.3) is 5.56 Å². The van der Waals surface area contributed by atoms with E-state index in [1.807, 2.05) is 17.8 Å². The fourth-order valence-corrected chi connectivity index (χ4v) is 3.76. The van der Waals surface area contributed by atoms with Crippen molar-refractivity contribution in [2.24, 2.45) is 0 Å². The highest BCUT2D eigenvalue weighted by molar-refractivity contribution is 7.99. The van der Waals surface area contributed by atoms with Crippen LogP contribution < -0.4 is 5.56 Å². The van der Waals surface area contributed by atoms with Gasteiger partial charge in [-0.05, 0) is 18.6 Å². The fraction of sp³-hybridized carbons (Fsp3) is 0.412. The summed E-state index contributed by atoms with van der Waals surface area (Å²) in [4.78, 5) is 20.3. The number of H-pyrrole nitrogens is 1. The van der Waals surface area contributed by atoms with E-state index in [9.17, 15) is 18.0 Å². The molecule has 0 bridgehead atoms. The zero-order valence-electron chi connectivity index (χ0n) is 13.7. The number of alkyl halides is 3. The molecule has 0 aliphatic carbocycles. The van der Waals surface area contributed by atoms with Gasteiger partial charge in [-0.3, -0.25) is 9.69 Å². The maximum atomic E-state index is 13.1. The molecule has 0 radical (unpaired) electrons. The van der Waals surface area contributed by atoms with Crippen LogP contribution in [0.1, 0.15) is 16.8 Å². The minimum Gasteiger partial charge on any atom is -0.306 e. The van der Waals surface area contributed by atoms with E-state index in [0.29, 0.717) is 5.56 Å². The number of nitrogens with one attached hydrogen (secondary N) is 1.